The maximum atomic E-state index is 12.5. The monoisotopic (exact) mass is 302 g/mol. The fourth-order valence-corrected chi connectivity index (χ4v) is 2.14. The van der Waals surface area contributed by atoms with Crippen molar-refractivity contribution in [2.75, 3.05) is 11.9 Å². The second-order valence-electron chi connectivity index (χ2n) is 4.88. The number of hydrogen-bond acceptors (Lipinski definition) is 3. The zero-order valence-corrected chi connectivity index (χ0v) is 12.6. The lowest BCUT2D eigenvalue weighted by Crippen LogP contribution is -2.39. The molecule has 1 aromatic rings. The number of anilines is 1. The zero-order chi connectivity index (χ0) is 15.1. The minimum absolute atomic E-state index is 0.143. The van der Waals surface area contributed by atoms with E-state index in [1.54, 1.807) is 31.2 Å². The van der Waals surface area contributed by atoms with Gasteiger partial charge in [-0.25, -0.2) is 0 Å². The Labute approximate surface area is 122 Å². The van der Waals surface area contributed by atoms with Gasteiger partial charge in [0.05, 0.1) is 0 Å². The third-order valence-corrected chi connectivity index (χ3v) is 3.34. The molecule has 1 aromatic carbocycles. The molecule has 1 rings (SSSR count). The first-order valence-corrected chi connectivity index (χ1v) is 7.36. The van der Waals surface area contributed by atoms with Gasteiger partial charge < -0.3 is 10.6 Å². The SMILES string of the molecule is CC(C)CNC(=O)C(C)Nc1ccccc1SC(F)F. The van der Waals surface area contributed by atoms with Crippen molar-refractivity contribution in [3.8, 4) is 0 Å². The highest BCUT2D eigenvalue weighted by atomic mass is 32.2. The molecule has 0 aliphatic rings. The maximum Gasteiger partial charge on any atom is 0.288 e. The Bertz CT molecular complexity index is 441. The molecule has 0 saturated carbocycles. The number of halogens is 2. The first kappa shape index (κ1) is 16.8. The van der Waals surface area contributed by atoms with Crippen LogP contribution in [0.2, 0.25) is 0 Å². The largest absolute Gasteiger partial charge is 0.373 e. The molecule has 0 aliphatic carbocycles. The highest BCUT2D eigenvalue weighted by molar-refractivity contribution is 7.99. The molecule has 1 atom stereocenters. The van der Waals surface area contributed by atoms with Gasteiger partial charge in [-0.15, -0.1) is 0 Å². The first-order valence-electron chi connectivity index (χ1n) is 6.48. The Balaban J connectivity index is 2.65. The van der Waals surface area contributed by atoms with Crippen LogP contribution in [0.15, 0.2) is 29.2 Å². The molecule has 0 heterocycles. The van der Waals surface area contributed by atoms with Gasteiger partial charge in [-0.2, -0.15) is 8.78 Å². The molecule has 6 heteroatoms. The van der Waals surface area contributed by atoms with Gasteiger partial charge in [0.1, 0.15) is 6.04 Å². The highest BCUT2D eigenvalue weighted by Gasteiger charge is 2.15. The summed E-state index contributed by atoms with van der Waals surface area (Å²) in [5.41, 5.74) is 0.546. The van der Waals surface area contributed by atoms with Gasteiger partial charge in [0, 0.05) is 17.1 Å². The summed E-state index contributed by atoms with van der Waals surface area (Å²) in [5.74, 6) is -2.26. The lowest BCUT2D eigenvalue weighted by molar-refractivity contribution is -0.121. The van der Waals surface area contributed by atoms with Crippen LogP contribution in [0.3, 0.4) is 0 Å². The van der Waals surface area contributed by atoms with E-state index in [-0.39, 0.29) is 5.91 Å². The predicted octanol–water partition coefficient (Wildman–Crippen LogP) is 3.57. The minimum Gasteiger partial charge on any atom is -0.373 e. The Morgan fingerprint density at radius 1 is 1.25 bits per heavy atom. The molecule has 3 nitrogen and oxygen atoms in total. The third kappa shape index (κ3) is 5.77. The molecule has 0 aromatic heterocycles. The van der Waals surface area contributed by atoms with E-state index in [1.807, 2.05) is 13.8 Å². The first-order chi connectivity index (χ1) is 9.40. The van der Waals surface area contributed by atoms with Crippen LogP contribution >= 0.6 is 11.8 Å². The Hall–Kier alpha value is -1.30. The number of amides is 1. The average molecular weight is 302 g/mol. The number of thioether (sulfide) groups is 1. The van der Waals surface area contributed by atoms with Crippen LogP contribution in [-0.2, 0) is 4.79 Å². The molecule has 2 N–H and O–H groups in total. The molecule has 112 valence electrons. The second-order valence-corrected chi connectivity index (χ2v) is 5.91. The molecule has 0 fully saturated rings. The van der Waals surface area contributed by atoms with Gasteiger partial charge in [0.2, 0.25) is 5.91 Å². The summed E-state index contributed by atoms with van der Waals surface area (Å²) in [7, 11) is 0. The van der Waals surface area contributed by atoms with Crippen LogP contribution in [0.5, 0.6) is 0 Å². The number of alkyl halides is 2. The summed E-state index contributed by atoms with van der Waals surface area (Å²) in [6.07, 6.45) is 0. The lowest BCUT2D eigenvalue weighted by Gasteiger charge is -2.18. The Morgan fingerprint density at radius 2 is 1.90 bits per heavy atom. The lowest BCUT2D eigenvalue weighted by atomic mass is 10.2. The van der Waals surface area contributed by atoms with Crippen LogP contribution in [0.25, 0.3) is 0 Å². The molecular weight excluding hydrogens is 282 g/mol. The fourth-order valence-electron chi connectivity index (χ4n) is 1.54. The zero-order valence-electron chi connectivity index (χ0n) is 11.8. The summed E-state index contributed by atoms with van der Waals surface area (Å²) in [4.78, 5) is 12.3. The topological polar surface area (TPSA) is 41.1 Å². The van der Waals surface area contributed by atoms with Crippen molar-refractivity contribution in [1.29, 1.82) is 0 Å². The number of carbonyl (C=O) groups excluding carboxylic acids is 1. The highest BCUT2D eigenvalue weighted by Crippen LogP contribution is 2.31. The quantitative estimate of drug-likeness (QED) is 0.757. The Morgan fingerprint density at radius 3 is 2.50 bits per heavy atom. The summed E-state index contributed by atoms with van der Waals surface area (Å²) >= 11 is 0.469. The summed E-state index contributed by atoms with van der Waals surface area (Å²) in [6, 6.07) is 6.26. The molecule has 0 bridgehead atoms. The summed E-state index contributed by atoms with van der Waals surface area (Å²) < 4.78 is 24.9. The van der Waals surface area contributed by atoms with Crippen molar-refractivity contribution in [2.24, 2.45) is 5.92 Å². The van der Waals surface area contributed by atoms with Crippen molar-refractivity contribution in [1.82, 2.24) is 5.32 Å². The molecular formula is C14H20F2N2OS. The van der Waals surface area contributed by atoms with E-state index in [0.29, 0.717) is 34.8 Å². The Kier molecular flexibility index (Phi) is 6.78. The fraction of sp³-hybridized carbons (Fsp3) is 0.500. The number of hydrogen-bond donors (Lipinski definition) is 2. The van der Waals surface area contributed by atoms with Crippen LogP contribution in [-0.4, -0.2) is 24.3 Å². The molecule has 0 spiro atoms. The van der Waals surface area contributed by atoms with Gasteiger partial charge in [0.25, 0.3) is 5.76 Å². The normalized spacial score (nSPS) is 12.6. The van der Waals surface area contributed by atoms with Crippen molar-refractivity contribution >= 4 is 23.4 Å². The van der Waals surface area contributed by atoms with E-state index in [4.69, 9.17) is 0 Å². The standard InChI is InChI=1S/C14H20F2N2OS/c1-9(2)8-17-13(19)10(3)18-11-6-4-5-7-12(11)20-14(15)16/h4-7,9-10,14,18H,8H2,1-3H3,(H,17,19). The van der Waals surface area contributed by atoms with Crippen LogP contribution < -0.4 is 10.6 Å². The van der Waals surface area contributed by atoms with E-state index in [9.17, 15) is 13.6 Å². The molecule has 0 saturated heterocycles. The number of benzene rings is 1. The summed E-state index contributed by atoms with van der Waals surface area (Å²) in [6.45, 7) is 6.32. The van der Waals surface area contributed by atoms with E-state index in [0.717, 1.165) is 0 Å². The minimum atomic E-state index is -2.48. The third-order valence-electron chi connectivity index (χ3n) is 2.55. The van der Waals surface area contributed by atoms with Crippen molar-refractivity contribution in [3.05, 3.63) is 24.3 Å². The van der Waals surface area contributed by atoms with Gasteiger partial charge in [-0.05, 0) is 25.0 Å². The van der Waals surface area contributed by atoms with Gasteiger partial charge >= 0.3 is 0 Å². The van der Waals surface area contributed by atoms with E-state index < -0.39 is 11.8 Å². The average Bonchev–Trinajstić information content (AvgIpc) is 2.37. The molecule has 1 unspecified atom stereocenters. The van der Waals surface area contributed by atoms with Crippen LogP contribution in [0.1, 0.15) is 20.8 Å². The molecule has 1 amide bonds. The smallest absolute Gasteiger partial charge is 0.288 e. The second kappa shape index (κ2) is 8.09. The van der Waals surface area contributed by atoms with Crippen LogP contribution in [0.4, 0.5) is 14.5 Å². The number of carbonyl (C=O) groups is 1. The number of nitrogens with one attached hydrogen (secondary N) is 2. The van der Waals surface area contributed by atoms with Crippen LogP contribution in [0, 0.1) is 5.92 Å². The van der Waals surface area contributed by atoms with E-state index in [2.05, 4.69) is 10.6 Å². The van der Waals surface area contributed by atoms with E-state index >= 15 is 0 Å². The van der Waals surface area contributed by atoms with Crippen molar-refractivity contribution < 1.29 is 13.6 Å². The van der Waals surface area contributed by atoms with Crippen molar-refractivity contribution in [3.63, 3.8) is 0 Å². The number of rotatable bonds is 7. The molecule has 0 aliphatic heterocycles. The van der Waals surface area contributed by atoms with Gasteiger partial charge in [-0.3, -0.25) is 4.79 Å². The predicted molar refractivity (Wildman–Crippen MR) is 79.2 cm³/mol. The molecule has 0 radical (unpaired) electrons. The maximum absolute atomic E-state index is 12.5. The van der Waals surface area contributed by atoms with E-state index in [1.165, 1.54) is 0 Å². The van der Waals surface area contributed by atoms with Gasteiger partial charge in [0.15, 0.2) is 0 Å². The van der Waals surface area contributed by atoms with Crippen molar-refractivity contribution in [2.45, 2.75) is 37.5 Å². The summed E-state index contributed by atoms with van der Waals surface area (Å²) in [5, 5.41) is 5.78. The van der Waals surface area contributed by atoms with Gasteiger partial charge in [-0.1, -0.05) is 37.7 Å². The number of para-hydroxylation sites is 1. The molecule has 20 heavy (non-hydrogen) atoms.